The van der Waals surface area contributed by atoms with E-state index in [-0.39, 0.29) is 5.54 Å². The SMILES string of the molecule is CCC(C)(C)N=NC(C)(O)CC. The minimum Gasteiger partial charge on any atom is -0.368 e. The monoisotopic (exact) mass is 172 g/mol. The second-order valence-electron chi connectivity index (χ2n) is 3.94. The first-order valence-corrected chi connectivity index (χ1v) is 4.49. The van der Waals surface area contributed by atoms with Gasteiger partial charge in [0.25, 0.3) is 0 Å². The van der Waals surface area contributed by atoms with Crippen LogP contribution in [0.2, 0.25) is 0 Å². The molecule has 0 saturated carbocycles. The Bertz CT molecular complexity index is 144. The highest BCUT2D eigenvalue weighted by atomic mass is 16.3. The van der Waals surface area contributed by atoms with Crippen LogP contribution in [0.25, 0.3) is 0 Å². The molecule has 3 nitrogen and oxygen atoms in total. The van der Waals surface area contributed by atoms with E-state index in [2.05, 4.69) is 17.2 Å². The Kier molecular flexibility index (Phi) is 3.84. The van der Waals surface area contributed by atoms with Crippen LogP contribution < -0.4 is 0 Å². The van der Waals surface area contributed by atoms with Crippen LogP contribution in [0.4, 0.5) is 0 Å². The van der Waals surface area contributed by atoms with Crippen molar-refractivity contribution < 1.29 is 5.11 Å². The van der Waals surface area contributed by atoms with E-state index in [1.165, 1.54) is 0 Å². The molecule has 1 atom stereocenters. The maximum atomic E-state index is 9.52. The van der Waals surface area contributed by atoms with Gasteiger partial charge in [0.1, 0.15) is 0 Å². The first kappa shape index (κ1) is 11.6. The van der Waals surface area contributed by atoms with Crippen LogP contribution in [0.3, 0.4) is 0 Å². The predicted molar refractivity (Wildman–Crippen MR) is 50.1 cm³/mol. The van der Waals surface area contributed by atoms with Crippen LogP contribution in [0.1, 0.15) is 47.5 Å². The third-order valence-electron chi connectivity index (χ3n) is 2.07. The van der Waals surface area contributed by atoms with E-state index >= 15 is 0 Å². The second-order valence-corrected chi connectivity index (χ2v) is 3.94. The van der Waals surface area contributed by atoms with Crippen molar-refractivity contribution in [2.45, 2.75) is 58.7 Å². The summed E-state index contributed by atoms with van der Waals surface area (Å²) < 4.78 is 0. The van der Waals surface area contributed by atoms with Gasteiger partial charge in [-0.3, -0.25) is 0 Å². The van der Waals surface area contributed by atoms with Gasteiger partial charge in [-0.05, 0) is 33.6 Å². The molecule has 0 radical (unpaired) electrons. The van der Waals surface area contributed by atoms with E-state index < -0.39 is 5.72 Å². The third-order valence-corrected chi connectivity index (χ3v) is 2.07. The average molecular weight is 172 g/mol. The number of hydrogen-bond acceptors (Lipinski definition) is 3. The van der Waals surface area contributed by atoms with Crippen LogP contribution in [-0.4, -0.2) is 16.4 Å². The van der Waals surface area contributed by atoms with Crippen molar-refractivity contribution >= 4 is 0 Å². The Hall–Kier alpha value is -0.440. The van der Waals surface area contributed by atoms with Crippen LogP contribution in [0.15, 0.2) is 10.2 Å². The highest BCUT2D eigenvalue weighted by molar-refractivity contribution is 4.75. The van der Waals surface area contributed by atoms with Gasteiger partial charge in [-0.1, -0.05) is 13.8 Å². The summed E-state index contributed by atoms with van der Waals surface area (Å²) in [5.41, 5.74) is -1.15. The summed E-state index contributed by atoms with van der Waals surface area (Å²) in [6, 6.07) is 0. The fraction of sp³-hybridized carbons (Fsp3) is 1.00. The van der Waals surface area contributed by atoms with Crippen molar-refractivity contribution in [3.63, 3.8) is 0 Å². The molecule has 3 heteroatoms. The lowest BCUT2D eigenvalue weighted by Gasteiger charge is -2.19. The van der Waals surface area contributed by atoms with Gasteiger partial charge in [0, 0.05) is 0 Å². The van der Waals surface area contributed by atoms with E-state index in [4.69, 9.17) is 0 Å². The van der Waals surface area contributed by atoms with E-state index in [1.54, 1.807) is 6.92 Å². The van der Waals surface area contributed by atoms with E-state index in [9.17, 15) is 5.11 Å². The maximum absolute atomic E-state index is 9.52. The summed E-state index contributed by atoms with van der Waals surface area (Å²) >= 11 is 0. The Morgan fingerprint density at radius 1 is 1.00 bits per heavy atom. The third kappa shape index (κ3) is 4.44. The topological polar surface area (TPSA) is 45.0 Å². The minimum absolute atomic E-state index is 0.154. The molecular formula is C9H20N2O. The van der Waals surface area contributed by atoms with Gasteiger partial charge < -0.3 is 5.11 Å². The van der Waals surface area contributed by atoms with Crippen LogP contribution >= 0.6 is 0 Å². The van der Waals surface area contributed by atoms with Crippen molar-refractivity contribution in [2.75, 3.05) is 0 Å². The predicted octanol–water partition coefficient (Wildman–Crippen LogP) is 2.75. The zero-order chi connectivity index (χ0) is 9.83. The smallest absolute Gasteiger partial charge is 0.172 e. The quantitative estimate of drug-likeness (QED) is 0.651. The molecule has 72 valence electrons. The van der Waals surface area contributed by atoms with Crippen molar-refractivity contribution in [1.82, 2.24) is 0 Å². The van der Waals surface area contributed by atoms with Crippen LogP contribution in [0, 0.1) is 0 Å². The van der Waals surface area contributed by atoms with Crippen molar-refractivity contribution in [2.24, 2.45) is 10.2 Å². The molecule has 0 rings (SSSR count). The Morgan fingerprint density at radius 3 is 1.83 bits per heavy atom. The summed E-state index contributed by atoms with van der Waals surface area (Å²) in [6.07, 6.45) is 1.52. The van der Waals surface area contributed by atoms with Crippen LogP contribution in [0.5, 0.6) is 0 Å². The number of rotatable bonds is 4. The minimum atomic E-state index is -0.994. The first-order chi connectivity index (χ1) is 5.33. The molecule has 0 fully saturated rings. The van der Waals surface area contributed by atoms with Crippen molar-refractivity contribution in [3.05, 3.63) is 0 Å². The number of azo groups is 1. The molecule has 1 unspecified atom stereocenters. The summed E-state index contributed by atoms with van der Waals surface area (Å²) in [5, 5.41) is 17.5. The first-order valence-electron chi connectivity index (χ1n) is 4.49. The van der Waals surface area contributed by atoms with Gasteiger partial charge in [0.15, 0.2) is 5.72 Å². The molecule has 0 aromatic rings. The molecule has 0 aliphatic carbocycles. The zero-order valence-corrected chi connectivity index (χ0v) is 8.76. The van der Waals surface area contributed by atoms with Gasteiger partial charge in [0.05, 0.1) is 5.54 Å². The second kappa shape index (κ2) is 3.99. The van der Waals surface area contributed by atoms with Crippen molar-refractivity contribution in [3.8, 4) is 0 Å². The fourth-order valence-electron chi connectivity index (χ4n) is 0.384. The molecule has 0 amide bonds. The van der Waals surface area contributed by atoms with Gasteiger partial charge >= 0.3 is 0 Å². The molecule has 0 saturated heterocycles. The molecule has 0 aliphatic heterocycles. The Labute approximate surface area is 74.9 Å². The zero-order valence-electron chi connectivity index (χ0n) is 8.76. The van der Waals surface area contributed by atoms with Gasteiger partial charge in [-0.25, -0.2) is 0 Å². The molecule has 0 aromatic heterocycles. The van der Waals surface area contributed by atoms with Crippen LogP contribution in [-0.2, 0) is 0 Å². The highest BCUT2D eigenvalue weighted by Gasteiger charge is 2.19. The Morgan fingerprint density at radius 2 is 1.50 bits per heavy atom. The molecule has 0 aromatic carbocycles. The lowest BCUT2D eigenvalue weighted by atomic mass is 10.0. The van der Waals surface area contributed by atoms with Gasteiger partial charge in [0.2, 0.25) is 0 Å². The molecule has 12 heavy (non-hydrogen) atoms. The molecule has 0 heterocycles. The summed E-state index contributed by atoms with van der Waals surface area (Å²) in [4.78, 5) is 0. The van der Waals surface area contributed by atoms with Gasteiger partial charge in [-0.2, -0.15) is 10.2 Å². The number of hydrogen-bond donors (Lipinski definition) is 1. The molecule has 0 spiro atoms. The Balaban J connectivity index is 4.23. The summed E-state index contributed by atoms with van der Waals surface area (Å²) in [5.74, 6) is 0. The lowest BCUT2D eigenvalue weighted by Crippen LogP contribution is -2.21. The highest BCUT2D eigenvalue weighted by Crippen LogP contribution is 2.18. The van der Waals surface area contributed by atoms with Crippen molar-refractivity contribution in [1.29, 1.82) is 0 Å². The number of aliphatic hydroxyl groups is 1. The average Bonchev–Trinajstić information content (AvgIpc) is 2.02. The fourth-order valence-corrected chi connectivity index (χ4v) is 0.384. The maximum Gasteiger partial charge on any atom is 0.172 e. The molecule has 0 bridgehead atoms. The van der Waals surface area contributed by atoms with E-state index in [1.807, 2.05) is 20.8 Å². The van der Waals surface area contributed by atoms with E-state index in [0.717, 1.165) is 6.42 Å². The standard InChI is InChI=1S/C9H20N2O/c1-6-8(3,4)10-11-9(5,12)7-2/h12H,6-7H2,1-5H3. The largest absolute Gasteiger partial charge is 0.368 e. The summed E-state index contributed by atoms with van der Waals surface area (Å²) in [6.45, 7) is 9.62. The molecular weight excluding hydrogens is 152 g/mol. The normalized spacial score (nSPS) is 18.2. The molecule has 0 aliphatic rings. The summed E-state index contributed by atoms with van der Waals surface area (Å²) in [7, 11) is 0. The lowest BCUT2D eigenvalue weighted by molar-refractivity contribution is 0.0541. The van der Waals surface area contributed by atoms with E-state index in [0.29, 0.717) is 6.42 Å². The number of nitrogens with zero attached hydrogens (tertiary/aromatic N) is 2. The van der Waals surface area contributed by atoms with Gasteiger partial charge in [-0.15, -0.1) is 0 Å². The molecule has 1 N–H and O–H groups in total.